The van der Waals surface area contributed by atoms with Crippen LogP contribution in [0.1, 0.15) is 61.3 Å². The predicted molar refractivity (Wildman–Crippen MR) is 113 cm³/mol. The Balaban J connectivity index is 0.00000140. The summed E-state index contributed by atoms with van der Waals surface area (Å²) in [6, 6.07) is 9.32. The molecule has 1 fully saturated rings. The molecule has 4 heteroatoms. The minimum absolute atomic E-state index is 0. The van der Waals surface area contributed by atoms with Gasteiger partial charge in [-0.05, 0) is 0 Å². The third kappa shape index (κ3) is 5.07. The molecule has 0 saturated heterocycles. The van der Waals surface area contributed by atoms with Gasteiger partial charge in [-0.2, -0.15) is 0 Å². The smallest absolute Gasteiger partial charge is 1.00 e. The van der Waals surface area contributed by atoms with Crippen molar-refractivity contribution in [3.63, 3.8) is 0 Å². The minimum Gasteiger partial charge on any atom is -1.00 e. The second-order valence-electron chi connectivity index (χ2n) is 7.94. The zero-order valence-corrected chi connectivity index (χ0v) is 21.0. The average Bonchev–Trinajstić information content (AvgIpc) is 3.24. The Kier molecular flexibility index (Phi) is 10.1. The molecule has 28 heavy (non-hydrogen) atoms. The molecule has 0 N–H and O–H groups in total. The first kappa shape index (κ1) is 24.4. The summed E-state index contributed by atoms with van der Waals surface area (Å²) >= 11 is -0.0345. The monoisotopic (exact) mass is 468 g/mol. The second-order valence-corrected chi connectivity index (χ2v) is 12.9. The van der Waals surface area contributed by atoms with Gasteiger partial charge in [0, 0.05) is 0 Å². The molecule has 1 aromatic carbocycles. The number of halogens is 2. The predicted octanol–water partition coefficient (Wildman–Crippen LogP) is 1.56. The third-order valence-corrected chi connectivity index (χ3v) is 12.7. The van der Waals surface area contributed by atoms with E-state index in [0.29, 0.717) is 0 Å². The van der Waals surface area contributed by atoms with Gasteiger partial charge in [0.15, 0.2) is 0 Å². The van der Waals surface area contributed by atoms with Crippen LogP contribution in [0.25, 0.3) is 6.08 Å². The fraction of sp³-hybridized carbons (Fsp3) is 0.500. The van der Waals surface area contributed by atoms with E-state index < -0.39 is 0 Å². The van der Waals surface area contributed by atoms with Gasteiger partial charge in [0.2, 0.25) is 0 Å². The van der Waals surface area contributed by atoms with E-state index in [4.69, 9.17) is 0 Å². The van der Waals surface area contributed by atoms with Gasteiger partial charge in [0.1, 0.15) is 0 Å². The zero-order chi connectivity index (χ0) is 17.9. The van der Waals surface area contributed by atoms with Crippen LogP contribution in [0.2, 0.25) is 4.22 Å². The Labute approximate surface area is 194 Å². The summed E-state index contributed by atoms with van der Waals surface area (Å²) in [6.07, 6.45) is 19.6. The summed E-state index contributed by atoms with van der Waals surface area (Å²) in [7, 11) is 0.0718. The molecule has 1 aromatic rings. The van der Waals surface area contributed by atoms with Crippen molar-refractivity contribution < 1.29 is 44.0 Å². The molecule has 0 nitrogen and oxygen atoms in total. The molecule has 150 valence electrons. The molecular weight excluding hydrogens is 438 g/mol. The normalized spacial score (nSPS) is 24.5. The maximum Gasteiger partial charge on any atom is -1.00 e. The maximum absolute atomic E-state index is 2.63. The van der Waals surface area contributed by atoms with Gasteiger partial charge in [-0.1, -0.05) is 0 Å². The summed E-state index contributed by atoms with van der Waals surface area (Å²) in [5, 5.41) is 1.88. The Morgan fingerprint density at radius 3 is 2.54 bits per heavy atom. The number of allylic oxidation sites excluding steroid dienone is 5. The fourth-order valence-electron chi connectivity index (χ4n) is 4.96. The molecule has 0 bridgehead atoms. The van der Waals surface area contributed by atoms with Crippen molar-refractivity contribution in [2.24, 2.45) is 5.92 Å². The Hall–Kier alpha value is 0.164. The van der Waals surface area contributed by atoms with E-state index in [1.165, 1.54) is 44.4 Å². The number of hydrogen-bond acceptors (Lipinski definition) is 0. The van der Waals surface area contributed by atoms with Crippen molar-refractivity contribution in [3.8, 4) is 0 Å². The fourth-order valence-corrected chi connectivity index (χ4v) is 11.8. The van der Waals surface area contributed by atoms with Gasteiger partial charge in [0.05, 0.1) is 0 Å². The molecule has 0 aromatic heterocycles. The van der Waals surface area contributed by atoms with Gasteiger partial charge in [-0.15, -0.1) is 0 Å². The summed E-state index contributed by atoms with van der Waals surface area (Å²) in [5.41, 5.74) is 5.05. The second kappa shape index (κ2) is 11.5. The minimum atomic E-state index is -0.0345. The van der Waals surface area contributed by atoms with Crippen LogP contribution in [-0.4, -0.2) is 12.3 Å². The van der Waals surface area contributed by atoms with Crippen LogP contribution < -0.4 is 24.8 Å². The van der Waals surface area contributed by atoms with Crippen molar-refractivity contribution in [1.29, 1.82) is 0 Å². The van der Waals surface area contributed by atoms with Gasteiger partial charge >= 0.3 is 170 Å². The molecule has 0 spiro atoms. The molecule has 0 amide bonds. The molecule has 0 radical (unpaired) electrons. The third-order valence-electron chi connectivity index (χ3n) is 6.15. The van der Waals surface area contributed by atoms with Crippen LogP contribution in [0, 0.1) is 5.92 Å². The van der Waals surface area contributed by atoms with Crippen LogP contribution in [-0.2, 0) is 19.2 Å². The molecule has 0 aliphatic heterocycles. The van der Waals surface area contributed by atoms with Crippen molar-refractivity contribution in [2.45, 2.75) is 54.4 Å². The van der Waals surface area contributed by atoms with Crippen molar-refractivity contribution in [1.82, 2.24) is 0 Å². The number of hydrogen-bond donors (Lipinski definition) is 0. The standard InChI is InChI=1S/C15H20P.C9H11.2ClH.Ti/c1-3-9-16(10-4-2)15-11-13-7-5-6-8-14(13)12-15;1-2-5-9-7-3-6-8(9)4-1;;;/h5-8,11-12H,3-4,9-10H2,1-2H3;1-2,4,6,9H,3,5,7H2;2*1H;/q;;;;+2/p-2. The molecule has 4 rings (SSSR count). The van der Waals surface area contributed by atoms with E-state index in [9.17, 15) is 0 Å². The summed E-state index contributed by atoms with van der Waals surface area (Å²) in [5.74, 6) is 0.880. The molecule has 3 atom stereocenters. The molecule has 3 unspecified atom stereocenters. The number of rotatable bonds is 7. The number of fused-ring (bicyclic) bond motifs is 2. The van der Waals surface area contributed by atoms with Crippen LogP contribution in [0.15, 0.2) is 53.4 Å². The summed E-state index contributed by atoms with van der Waals surface area (Å²) in [4.78, 5) is 0. The zero-order valence-electron chi connectivity index (χ0n) is 17.0. The van der Waals surface area contributed by atoms with Gasteiger partial charge in [-0.3, -0.25) is 0 Å². The maximum atomic E-state index is 2.63. The van der Waals surface area contributed by atoms with E-state index in [1.54, 1.807) is 11.1 Å². The van der Waals surface area contributed by atoms with Gasteiger partial charge in [0.25, 0.3) is 0 Å². The largest absolute Gasteiger partial charge is 1.00 e. The van der Waals surface area contributed by atoms with E-state index in [-0.39, 0.29) is 51.9 Å². The van der Waals surface area contributed by atoms with E-state index >= 15 is 0 Å². The Bertz CT molecular complexity index is 734. The van der Waals surface area contributed by atoms with E-state index in [2.05, 4.69) is 62.4 Å². The van der Waals surface area contributed by atoms with E-state index in [0.717, 1.165) is 14.4 Å². The molecule has 3 aliphatic rings. The number of benzene rings is 1. The van der Waals surface area contributed by atoms with Crippen LogP contribution in [0.5, 0.6) is 0 Å². The quantitative estimate of drug-likeness (QED) is 0.420. The average molecular weight is 469 g/mol. The Morgan fingerprint density at radius 2 is 1.79 bits per heavy atom. The van der Waals surface area contributed by atoms with E-state index in [1.807, 2.05) is 10.9 Å². The molecule has 1 saturated carbocycles. The van der Waals surface area contributed by atoms with Crippen molar-refractivity contribution in [3.05, 3.63) is 64.5 Å². The van der Waals surface area contributed by atoms with Crippen molar-refractivity contribution in [2.75, 3.05) is 12.3 Å². The summed E-state index contributed by atoms with van der Waals surface area (Å²) in [6.45, 7) is 4.75. The van der Waals surface area contributed by atoms with Crippen LogP contribution in [0.3, 0.4) is 0 Å². The molecule has 3 aliphatic carbocycles. The topological polar surface area (TPSA) is 0 Å². The first-order chi connectivity index (χ1) is 12.8. The molecular formula is C24H31Cl2PTi. The van der Waals surface area contributed by atoms with Gasteiger partial charge in [-0.25, -0.2) is 0 Å². The van der Waals surface area contributed by atoms with Gasteiger partial charge < -0.3 is 24.8 Å². The first-order valence-corrected chi connectivity index (χ1v) is 14.0. The van der Waals surface area contributed by atoms with Crippen LogP contribution in [0.4, 0.5) is 0 Å². The molecule has 0 heterocycles. The Morgan fingerprint density at radius 1 is 1.04 bits per heavy atom. The SMILES string of the molecule is CCCP(CCC)C1=Cc2ccccc2[CH]1[Ti+2][CH]1CCC2CC=CC=C21.[Cl-].[Cl-]. The van der Waals surface area contributed by atoms with Crippen LogP contribution >= 0.6 is 7.92 Å². The van der Waals surface area contributed by atoms with Crippen molar-refractivity contribution >= 4 is 14.0 Å². The summed E-state index contributed by atoms with van der Waals surface area (Å²) < 4.78 is 1.75. The first-order valence-electron chi connectivity index (χ1n) is 10.5.